The smallest absolute Gasteiger partial charge is 0.334 e. The molecule has 5 nitrogen and oxygen atoms in total. The first-order valence-electron chi connectivity index (χ1n) is 12.2. The van der Waals surface area contributed by atoms with Crippen LogP contribution in [0.5, 0.6) is 0 Å². The van der Waals surface area contributed by atoms with Crippen molar-refractivity contribution in [1.82, 2.24) is 0 Å². The summed E-state index contributed by atoms with van der Waals surface area (Å²) in [5, 5.41) is -0.0152. The van der Waals surface area contributed by atoms with Crippen LogP contribution in [0.3, 0.4) is 0 Å². The van der Waals surface area contributed by atoms with Gasteiger partial charge in [0.1, 0.15) is 11.6 Å². The van der Waals surface area contributed by atoms with E-state index in [4.69, 9.17) is 9.16 Å². The summed E-state index contributed by atoms with van der Waals surface area (Å²) >= 11 is 0. The van der Waals surface area contributed by atoms with E-state index in [1.165, 1.54) is 7.11 Å². The number of esters is 1. The summed E-state index contributed by atoms with van der Waals surface area (Å²) in [5.74, 6) is -1.62. The van der Waals surface area contributed by atoms with Crippen molar-refractivity contribution in [3.8, 4) is 0 Å². The van der Waals surface area contributed by atoms with Gasteiger partial charge < -0.3 is 9.16 Å². The zero-order chi connectivity index (χ0) is 25.1. The van der Waals surface area contributed by atoms with E-state index in [1.54, 1.807) is 0 Å². The summed E-state index contributed by atoms with van der Waals surface area (Å²) in [5.41, 5.74) is 0.154. The maximum Gasteiger partial charge on any atom is 0.334 e. The first kappa shape index (κ1) is 26.1. The molecule has 3 rings (SSSR count). The number of carbonyl (C=O) groups excluding carboxylic acids is 3. The van der Waals surface area contributed by atoms with Crippen LogP contribution in [-0.2, 0) is 23.5 Å². The van der Waals surface area contributed by atoms with Gasteiger partial charge in [-0.3, -0.25) is 9.59 Å². The van der Waals surface area contributed by atoms with Crippen molar-refractivity contribution >= 4 is 25.9 Å². The normalized spacial score (nSPS) is 34.5. The van der Waals surface area contributed by atoms with Gasteiger partial charge in [0.05, 0.1) is 19.1 Å². The molecular weight excluding hydrogens is 432 g/mol. The molecule has 3 aliphatic rings. The lowest BCUT2D eigenvalue weighted by atomic mass is 9.50. The average molecular weight is 475 g/mol. The highest BCUT2D eigenvalue weighted by molar-refractivity contribution is 6.74. The van der Waals surface area contributed by atoms with Crippen molar-refractivity contribution in [2.45, 2.75) is 92.0 Å². The fourth-order valence-electron chi connectivity index (χ4n) is 6.23. The molecule has 0 radical (unpaired) electrons. The van der Waals surface area contributed by atoms with Crippen molar-refractivity contribution < 1.29 is 23.5 Å². The van der Waals surface area contributed by atoms with Crippen LogP contribution in [0.1, 0.15) is 67.7 Å². The lowest BCUT2D eigenvalue weighted by Gasteiger charge is -2.55. The van der Waals surface area contributed by atoms with Gasteiger partial charge in [-0.2, -0.15) is 0 Å². The second-order valence-electron chi connectivity index (χ2n) is 12.7. The van der Waals surface area contributed by atoms with E-state index in [2.05, 4.69) is 33.9 Å². The molecule has 3 aliphatic carbocycles. The molecule has 2 bridgehead atoms. The zero-order valence-electron chi connectivity index (χ0n) is 22.1. The zero-order valence-corrected chi connectivity index (χ0v) is 23.1. The van der Waals surface area contributed by atoms with Crippen LogP contribution < -0.4 is 0 Å². The Morgan fingerprint density at radius 3 is 2.21 bits per heavy atom. The highest BCUT2D eigenvalue weighted by Gasteiger charge is 2.60. The number of rotatable bonds is 3. The summed E-state index contributed by atoms with van der Waals surface area (Å²) in [6.45, 7) is 19.0. The molecule has 1 fully saturated rings. The van der Waals surface area contributed by atoms with E-state index in [9.17, 15) is 14.4 Å². The van der Waals surface area contributed by atoms with Gasteiger partial charge in [0.25, 0.3) is 0 Å². The maximum atomic E-state index is 14.3. The van der Waals surface area contributed by atoms with Gasteiger partial charge >= 0.3 is 5.97 Å². The number of methoxy groups -OCH3 is 1. The van der Waals surface area contributed by atoms with Crippen LogP contribution in [-0.4, -0.2) is 39.1 Å². The minimum Gasteiger partial charge on any atom is -0.466 e. The minimum absolute atomic E-state index is 0.0152. The highest BCUT2D eigenvalue weighted by Crippen LogP contribution is 2.57. The van der Waals surface area contributed by atoms with Crippen LogP contribution in [0.25, 0.3) is 0 Å². The van der Waals surface area contributed by atoms with E-state index in [0.717, 1.165) is 5.57 Å². The third-order valence-electron chi connectivity index (χ3n) is 9.20. The molecule has 6 heteroatoms. The predicted octanol–water partition coefficient (Wildman–Crippen LogP) is 5.65. The fourth-order valence-corrected chi connectivity index (χ4v) is 7.66. The standard InChI is InChI=1S/C27H42O5Si/c1-16-11-13-18-23(29)22-17(24(30)31-8)12-14-20(32-33(9,10)25(2,3)4)27(22,7)15-19(28)21(16)26(18,5)6/h11-12,18,20-22H,13-15H2,1-10H3/t18-,20-,21+,22-,27+/m0/s1. The summed E-state index contributed by atoms with van der Waals surface area (Å²) < 4.78 is 12.0. The number of hydrogen-bond donors (Lipinski definition) is 0. The van der Waals surface area contributed by atoms with Gasteiger partial charge in [-0.15, -0.1) is 0 Å². The molecular formula is C27H42O5Si. The Kier molecular flexibility index (Phi) is 6.56. The second kappa shape index (κ2) is 8.30. The first-order valence-corrected chi connectivity index (χ1v) is 15.1. The van der Waals surface area contributed by atoms with E-state index in [-0.39, 0.29) is 41.0 Å². The molecule has 0 aromatic heterocycles. The second-order valence-corrected chi connectivity index (χ2v) is 17.5. The monoisotopic (exact) mass is 474 g/mol. The van der Waals surface area contributed by atoms with Crippen molar-refractivity contribution in [3.05, 3.63) is 23.3 Å². The van der Waals surface area contributed by atoms with Gasteiger partial charge in [0, 0.05) is 29.2 Å². The van der Waals surface area contributed by atoms with Crippen molar-refractivity contribution in [1.29, 1.82) is 0 Å². The molecule has 184 valence electrons. The van der Waals surface area contributed by atoms with Gasteiger partial charge in [-0.25, -0.2) is 4.79 Å². The van der Waals surface area contributed by atoms with E-state index in [1.807, 2.05) is 39.8 Å². The number of hydrogen-bond acceptors (Lipinski definition) is 5. The number of ketones is 2. The predicted molar refractivity (Wildman–Crippen MR) is 132 cm³/mol. The topological polar surface area (TPSA) is 69.7 Å². The summed E-state index contributed by atoms with van der Waals surface area (Å²) in [6, 6.07) is 0. The Labute approximate surface area is 200 Å². The molecule has 0 heterocycles. The molecule has 0 saturated heterocycles. The number of carbonyl (C=O) groups is 3. The van der Waals surface area contributed by atoms with Gasteiger partial charge in [0.2, 0.25) is 0 Å². The van der Waals surface area contributed by atoms with Crippen LogP contribution in [0.4, 0.5) is 0 Å². The summed E-state index contributed by atoms with van der Waals surface area (Å²) in [6.07, 6.45) is 4.88. The van der Waals surface area contributed by atoms with Gasteiger partial charge in [-0.1, -0.05) is 59.3 Å². The molecule has 0 amide bonds. The third kappa shape index (κ3) is 4.11. The SMILES string of the molecule is COC(=O)C1=CC[C@H](O[Si](C)(C)C(C)(C)C)[C@@]2(C)CC(=O)[C@H]3C(C)=CC[C@@H](C(=O)[C@H]12)C3(C)C. The number of Topliss-reactive ketones (excluding diaryl/α,β-unsaturated/α-hetero) is 2. The van der Waals surface area contributed by atoms with E-state index < -0.39 is 31.0 Å². The van der Waals surface area contributed by atoms with Gasteiger partial charge in [-0.05, 0) is 43.3 Å². The maximum absolute atomic E-state index is 14.3. The summed E-state index contributed by atoms with van der Waals surface area (Å²) in [4.78, 5) is 41.0. The largest absolute Gasteiger partial charge is 0.466 e. The van der Waals surface area contributed by atoms with Crippen LogP contribution in [0.2, 0.25) is 18.1 Å². The quantitative estimate of drug-likeness (QED) is 0.300. The number of fused-ring (bicyclic) bond motifs is 3. The Bertz CT molecular complexity index is 919. The summed E-state index contributed by atoms with van der Waals surface area (Å²) in [7, 11) is -0.845. The number of ether oxygens (including phenoxy) is 1. The lowest BCUT2D eigenvalue weighted by Crippen LogP contribution is -2.59. The number of allylic oxidation sites excluding steroid dienone is 2. The van der Waals surface area contributed by atoms with Gasteiger partial charge in [0.15, 0.2) is 8.32 Å². The average Bonchev–Trinajstić information content (AvgIpc) is 2.66. The lowest BCUT2D eigenvalue weighted by molar-refractivity contribution is -0.153. The van der Waals surface area contributed by atoms with Crippen LogP contribution in [0.15, 0.2) is 23.3 Å². The van der Waals surface area contributed by atoms with Crippen LogP contribution in [0, 0.1) is 28.6 Å². The Morgan fingerprint density at radius 2 is 1.67 bits per heavy atom. The van der Waals surface area contributed by atoms with E-state index in [0.29, 0.717) is 18.4 Å². The Morgan fingerprint density at radius 1 is 1.06 bits per heavy atom. The van der Waals surface area contributed by atoms with E-state index >= 15 is 0 Å². The Hall–Kier alpha value is -1.53. The minimum atomic E-state index is -2.20. The van der Waals surface area contributed by atoms with Crippen molar-refractivity contribution in [2.24, 2.45) is 28.6 Å². The molecule has 33 heavy (non-hydrogen) atoms. The van der Waals surface area contributed by atoms with Crippen molar-refractivity contribution in [3.63, 3.8) is 0 Å². The molecule has 0 aromatic rings. The van der Waals surface area contributed by atoms with Crippen LogP contribution >= 0.6 is 0 Å². The first-order chi connectivity index (χ1) is 15.0. The fraction of sp³-hybridized carbons (Fsp3) is 0.741. The van der Waals surface area contributed by atoms with Crippen molar-refractivity contribution in [2.75, 3.05) is 7.11 Å². The molecule has 5 atom stereocenters. The highest BCUT2D eigenvalue weighted by atomic mass is 28.4. The molecule has 0 N–H and O–H groups in total. The Balaban J connectivity index is 2.20. The molecule has 0 aromatic carbocycles. The molecule has 0 unspecified atom stereocenters. The third-order valence-corrected chi connectivity index (χ3v) is 13.7. The molecule has 1 saturated carbocycles. The molecule has 0 aliphatic heterocycles. The molecule has 0 spiro atoms.